The van der Waals surface area contributed by atoms with Crippen molar-refractivity contribution in [3.8, 4) is 0 Å². The second-order valence-electron chi connectivity index (χ2n) is 3.30. The number of rotatable bonds is 6. The molecule has 0 amide bonds. The Morgan fingerprint density at radius 1 is 1.60 bits per heavy atom. The fraction of sp³-hybridized carbons (Fsp3) is 0.545. The van der Waals surface area contributed by atoms with Crippen LogP contribution in [-0.2, 0) is 4.74 Å². The highest BCUT2D eigenvalue weighted by Gasteiger charge is 2.02. The van der Waals surface area contributed by atoms with E-state index < -0.39 is 6.10 Å². The smallest absolute Gasteiger partial charge is 0.0963 e. The molecule has 4 heteroatoms. The second kappa shape index (κ2) is 6.82. The van der Waals surface area contributed by atoms with E-state index in [1.807, 2.05) is 12.1 Å². The number of aliphatic hydroxyl groups is 1. The highest BCUT2D eigenvalue weighted by molar-refractivity contribution is 7.99. The lowest BCUT2D eigenvalue weighted by Gasteiger charge is -2.06. The van der Waals surface area contributed by atoms with Gasteiger partial charge in [-0.05, 0) is 31.0 Å². The fourth-order valence-electron chi connectivity index (χ4n) is 1.14. The maximum absolute atomic E-state index is 9.40. The fourth-order valence-corrected chi connectivity index (χ4v) is 1.97. The Morgan fingerprint density at radius 3 is 3.07 bits per heavy atom. The van der Waals surface area contributed by atoms with Gasteiger partial charge in [-0.15, -0.1) is 11.8 Å². The first-order valence-electron chi connectivity index (χ1n) is 5.00. The van der Waals surface area contributed by atoms with Gasteiger partial charge in [-0.3, -0.25) is 0 Å². The van der Waals surface area contributed by atoms with Crippen molar-refractivity contribution in [3.63, 3.8) is 0 Å². The highest BCUT2D eigenvalue weighted by atomic mass is 32.2. The van der Waals surface area contributed by atoms with Gasteiger partial charge in [0.1, 0.15) is 0 Å². The van der Waals surface area contributed by atoms with Crippen LogP contribution in [0.4, 0.5) is 0 Å². The van der Waals surface area contributed by atoms with E-state index >= 15 is 0 Å². The van der Waals surface area contributed by atoms with Crippen molar-refractivity contribution in [2.45, 2.75) is 24.5 Å². The molecule has 0 saturated carbocycles. The molecule has 0 radical (unpaired) electrons. The van der Waals surface area contributed by atoms with Gasteiger partial charge in [-0.1, -0.05) is 0 Å². The van der Waals surface area contributed by atoms with E-state index in [1.165, 1.54) is 0 Å². The molecule has 3 nitrogen and oxygen atoms in total. The lowest BCUT2D eigenvalue weighted by atomic mass is 10.2. The van der Waals surface area contributed by atoms with Crippen LogP contribution < -0.4 is 0 Å². The number of hydrogen-bond donors (Lipinski definition) is 1. The molecule has 84 valence electrons. The number of methoxy groups -OCH3 is 1. The van der Waals surface area contributed by atoms with Crippen molar-refractivity contribution in [2.75, 3.05) is 19.5 Å². The Morgan fingerprint density at radius 2 is 2.40 bits per heavy atom. The van der Waals surface area contributed by atoms with E-state index in [4.69, 9.17) is 4.74 Å². The molecule has 1 atom stereocenters. The molecule has 0 unspecified atom stereocenters. The van der Waals surface area contributed by atoms with E-state index in [9.17, 15) is 5.11 Å². The number of nitrogens with zero attached hydrogens (tertiary/aromatic N) is 1. The monoisotopic (exact) mass is 227 g/mol. The van der Waals surface area contributed by atoms with Crippen molar-refractivity contribution in [1.82, 2.24) is 4.98 Å². The quantitative estimate of drug-likeness (QED) is 0.598. The predicted octanol–water partition coefficient (Wildman–Crippen LogP) is 2.26. The Hall–Kier alpha value is -0.580. The van der Waals surface area contributed by atoms with Crippen LogP contribution >= 0.6 is 11.8 Å². The minimum absolute atomic E-state index is 0.425. The first-order chi connectivity index (χ1) is 7.24. The van der Waals surface area contributed by atoms with Crippen molar-refractivity contribution in [1.29, 1.82) is 0 Å². The standard InChI is InChI=1S/C11H17NO2S/c1-9(13)10-4-5-12-11(8-10)15-7-3-6-14-2/h4-5,8-9,13H,3,6-7H2,1-2H3/t9-/m0/s1. The molecule has 1 heterocycles. The van der Waals surface area contributed by atoms with Crippen molar-refractivity contribution >= 4 is 11.8 Å². The molecule has 1 rings (SSSR count). The summed E-state index contributed by atoms with van der Waals surface area (Å²) >= 11 is 1.69. The topological polar surface area (TPSA) is 42.4 Å². The molecule has 0 aliphatic rings. The molecule has 0 aliphatic heterocycles. The van der Waals surface area contributed by atoms with Crippen LogP contribution in [0.15, 0.2) is 23.4 Å². The zero-order valence-corrected chi connectivity index (χ0v) is 9.96. The van der Waals surface area contributed by atoms with Gasteiger partial charge < -0.3 is 9.84 Å². The summed E-state index contributed by atoms with van der Waals surface area (Å²) in [4.78, 5) is 4.23. The molecule has 0 fully saturated rings. The molecule has 0 spiro atoms. The van der Waals surface area contributed by atoms with Gasteiger partial charge >= 0.3 is 0 Å². The van der Waals surface area contributed by atoms with Crippen LogP contribution in [0.5, 0.6) is 0 Å². The van der Waals surface area contributed by atoms with Gasteiger partial charge in [-0.25, -0.2) is 4.98 Å². The molecule has 0 aromatic carbocycles. The molecule has 15 heavy (non-hydrogen) atoms. The van der Waals surface area contributed by atoms with Crippen LogP contribution in [0.25, 0.3) is 0 Å². The summed E-state index contributed by atoms with van der Waals surface area (Å²) in [7, 11) is 1.71. The zero-order valence-electron chi connectivity index (χ0n) is 9.14. The zero-order chi connectivity index (χ0) is 11.1. The average Bonchev–Trinajstić information content (AvgIpc) is 2.25. The van der Waals surface area contributed by atoms with Crippen molar-refractivity contribution in [3.05, 3.63) is 23.9 Å². The minimum Gasteiger partial charge on any atom is -0.389 e. The van der Waals surface area contributed by atoms with E-state index in [0.29, 0.717) is 0 Å². The molecule has 1 N–H and O–H groups in total. The third kappa shape index (κ3) is 4.64. The third-order valence-corrected chi connectivity index (χ3v) is 3.00. The minimum atomic E-state index is -0.425. The van der Waals surface area contributed by atoms with E-state index in [1.54, 1.807) is 32.0 Å². The summed E-state index contributed by atoms with van der Waals surface area (Å²) < 4.78 is 4.97. The van der Waals surface area contributed by atoms with Crippen molar-refractivity contribution in [2.24, 2.45) is 0 Å². The number of pyridine rings is 1. The van der Waals surface area contributed by atoms with Gasteiger partial charge in [0, 0.05) is 25.7 Å². The predicted molar refractivity (Wildman–Crippen MR) is 62.1 cm³/mol. The SMILES string of the molecule is COCCCSc1cc([C@H](C)O)ccn1. The van der Waals surface area contributed by atoms with Gasteiger partial charge in [0.2, 0.25) is 0 Å². The second-order valence-corrected chi connectivity index (χ2v) is 4.41. The lowest BCUT2D eigenvalue weighted by Crippen LogP contribution is -1.94. The third-order valence-electron chi connectivity index (χ3n) is 1.98. The molecule has 1 aromatic rings. The number of hydrogen-bond acceptors (Lipinski definition) is 4. The van der Waals surface area contributed by atoms with Gasteiger partial charge in [0.05, 0.1) is 11.1 Å². The van der Waals surface area contributed by atoms with E-state index in [0.717, 1.165) is 29.4 Å². The van der Waals surface area contributed by atoms with Crippen LogP contribution in [0.3, 0.4) is 0 Å². The first kappa shape index (κ1) is 12.5. The number of aromatic nitrogens is 1. The summed E-state index contributed by atoms with van der Waals surface area (Å²) in [5, 5.41) is 10.4. The Labute approximate surface area is 94.9 Å². The normalized spacial score (nSPS) is 12.7. The van der Waals surface area contributed by atoms with Crippen LogP contribution in [0.2, 0.25) is 0 Å². The average molecular weight is 227 g/mol. The Balaban J connectivity index is 2.43. The first-order valence-corrected chi connectivity index (χ1v) is 5.98. The maximum Gasteiger partial charge on any atom is 0.0963 e. The number of aliphatic hydroxyl groups excluding tert-OH is 1. The van der Waals surface area contributed by atoms with E-state index in [2.05, 4.69) is 4.98 Å². The van der Waals surface area contributed by atoms with Crippen LogP contribution in [0.1, 0.15) is 25.0 Å². The molecule has 0 aliphatic carbocycles. The Bertz CT molecular complexity index is 292. The van der Waals surface area contributed by atoms with Crippen LogP contribution in [0, 0.1) is 0 Å². The maximum atomic E-state index is 9.40. The molecule has 0 bridgehead atoms. The van der Waals surface area contributed by atoms with Crippen LogP contribution in [-0.4, -0.2) is 29.6 Å². The summed E-state index contributed by atoms with van der Waals surface area (Å²) in [6.45, 7) is 2.54. The molecule has 0 saturated heterocycles. The van der Waals surface area contributed by atoms with Gasteiger partial charge in [-0.2, -0.15) is 0 Å². The van der Waals surface area contributed by atoms with Gasteiger partial charge in [0.25, 0.3) is 0 Å². The summed E-state index contributed by atoms with van der Waals surface area (Å²) in [6.07, 6.45) is 2.33. The summed E-state index contributed by atoms with van der Waals surface area (Å²) in [6, 6.07) is 3.77. The van der Waals surface area contributed by atoms with Gasteiger partial charge in [0.15, 0.2) is 0 Å². The molecule has 1 aromatic heterocycles. The van der Waals surface area contributed by atoms with E-state index in [-0.39, 0.29) is 0 Å². The summed E-state index contributed by atoms with van der Waals surface area (Å²) in [5.41, 5.74) is 0.916. The van der Waals surface area contributed by atoms with Crippen molar-refractivity contribution < 1.29 is 9.84 Å². The number of thioether (sulfide) groups is 1. The Kier molecular flexibility index (Phi) is 5.68. The highest BCUT2D eigenvalue weighted by Crippen LogP contribution is 2.20. The molecular formula is C11H17NO2S. The lowest BCUT2D eigenvalue weighted by molar-refractivity contribution is 0.198. The molecular weight excluding hydrogens is 210 g/mol. The summed E-state index contributed by atoms with van der Waals surface area (Å²) in [5.74, 6) is 0.990. The number of ether oxygens (including phenoxy) is 1. The largest absolute Gasteiger partial charge is 0.389 e.